The second kappa shape index (κ2) is 8.36. The lowest BCUT2D eigenvalue weighted by molar-refractivity contribution is 0.878. The first-order valence-electron chi connectivity index (χ1n) is 12.0. The van der Waals surface area contributed by atoms with Gasteiger partial charge in [0.05, 0.1) is 17.4 Å². The lowest BCUT2D eigenvalue weighted by Gasteiger charge is -2.10. The third-order valence-electron chi connectivity index (χ3n) is 6.66. The van der Waals surface area contributed by atoms with Gasteiger partial charge in [-0.05, 0) is 41.5 Å². The number of aromatic nitrogens is 4. The monoisotopic (exact) mass is 462 g/mol. The fourth-order valence-electron chi connectivity index (χ4n) is 4.91. The maximum absolute atomic E-state index is 4.96. The molecular weight excluding hydrogens is 440 g/mol. The quantitative estimate of drug-likeness (QED) is 0.269. The highest BCUT2D eigenvalue weighted by atomic mass is 15.3. The fourth-order valence-corrected chi connectivity index (χ4v) is 4.91. The van der Waals surface area contributed by atoms with Gasteiger partial charge >= 0.3 is 0 Å². The molecule has 0 amide bonds. The van der Waals surface area contributed by atoms with E-state index < -0.39 is 0 Å². The van der Waals surface area contributed by atoms with Gasteiger partial charge in [-0.25, -0.2) is 9.67 Å². The second-order valence-electron chi connectivity index (χ2n) is 8.87. The van der Waals surface area contributed by atoms with Gasteiger partial charge in [-0.3, -0.25) is 4.57 Å². The van der Waals surface area contributed by atoms with Crippen LogP contribution in [0.3, 0.4) is 0 Å². The van der Waals surface area contributed by atoms with Gasteiger partial charge in [-0.1, -0.05) is 84.9 Å². The molecule has 0 N–H and O–H groups in total. The normalized spacial score (nSPS) is 11.3. The van der Waals surface area contributed by atoms with E-state index in [1.165, 1.54) is 10.9 Å². The fraction of sp³-hybridized carbons (Fsp3) is 0. The molecule has 0 fully saturated rings. The van der Waals surface area contributed by atoms with Crippen LogP contribution in [0.1, 0.15) is 0 Å². The number of hydrogen-bond acceptors (Lipinski definition) is 2. The number of nitrogens with zero attached hydrogens (tertiary/aromatic N) is 4. The van der Waals surface area contributed by atoms with Crippen molar-refractivity contribution in [2.45, 2.75) is 0 Å². The van der Waals surface area contributed by atoms with Crippen molar-refractivity contribution < 1.29 is 0 Å². The van der Waals surface area contributed by atoms with E-state index in [0.29, 0.717) is 0 Å². The zero-order chi connectivity index (χ0) is 23.9. The molecular formula is C32H22N4. The molecule has 36 heavy (non-hydrogen) atoms. The van der Waals surface area contributed by atoms with Crippen LogP contribution in [0.25, 0.3) is 55.6 Å². The Morgan fingerprint density at radius 3 is 2.00 bits per heavy atom. The molecule has 7 rings (SSSR count). The number of hydrogen-bond donors (Lipinski definition) is 0. The van der Waals surface area contributed by atoms with Crippen molar-refractivity contribution >= 4 is 21.9 Å². The van der Waals surface area contributed by atoms with Gasteiger partial charge in [-0.15, -0.1) is 0 Å². The Morgan fingerprint density at radius 2 is 1.19 bits per heavy atom. The molecule has 4 nitrogen and oxygen atoms in total. The molecule has 0 bridgehead atoms. The van der Waals surface area contributed by atoms with Crippen molar-refractivity contribution in [2.24, 2.45) is 0 Å². The summed E-state index contributed by atoms with van der Waals surface area (Å²) in [5.74, 6) is 0. The predicted octanol–water partition coefficient (Wildman–Crippen LogP) is 7.70. The van der Waals surface area contributed by atoms with Crippen LogP contribution in [0.2, 0.25) is 0 Å². The third kappa shape index (κ3) is 3.39. The molecule has 4 heteroatoms. The smallest absolute Gasteiger partial charge is 0.145 e. The van der Waals surface area contributed by atoms with Gasteiger partial charge in [0, 0.05) is 40.0 Å². The van der Waals surface area contributed by atoms with Crippen LogP contribution in [0.15, 0.2) is 134 Å². The molecule has 0 aliphatic carbocycles. The van der Waals surface area contributed by atoms with Crippen LogP contribution < -0.4 is 0 Å². The molecule has 170 valence electrons. The second-order valence-corrected chi connectivity index (χ2v) is 8.87. The van der Waals surface area contributed by atoms with E-state index in [-0.39, 0.29) is 0 Å². The molecule has 0 aliphatic heterocycles. The van der Waals surface area contributed by atoms with Crippen LogP contribution in [0.4, 0.5) is 0 Å². The number of para-hydroxylation sites is 1. The number of benzene rings is 4. The Labute approximate surface area is 208 Å². The summed E-state index contributed by atoms with van der Waals surface area (Å²) in [5.41, 5.74) is 8.65. The molecule has 0 spiro atoms. The lowest BCUT2D eigenvalue weighted by Crippen LogP contribution is -1.99. The predicted molar refractivity (Wildman–Crippen MR) is 147 cm³/mol. The summed E-state index contributed by atoms with van der Waals surface area (Å²) >= 11 is 0. The maximum atomic E-state index is 4.96. The van der Waals surface area contributed by atoms with Crippen LogP contribution in [0, 0.1) is 0 Å². The van der Waals surface area contributed by atoms with Crippen LogP contribution >= 0.6 is 0 Å². The molecule has 0 atom stereocenters. The lowest BCUT2D eigenvalue weighted by atomic mass is 10.1. The molecule has 3 heterocycles. The van der Waals surface area contributed by atoms with Crippen LogP contribution in [-0.2, 0) is 0 Å². The minimum atomic E-state index is 0.943. The topological polar surface area (TPSA) is 35.6 Å². The SMILES string of the molecule is c1ccc(-c2cnc3c(c2)c2ccccc2n3-c2cccc(-n3cc(-c4ccccc4)cn3)c2)cc1. The van der Waals surface area contributed by atoms with Crippen molar-refractivity contribution in [1.29, 1.82) is 0 Å². The average Bonchev–Trinajstić information content (AvgIpc) is 3.58. The first kappa shape index (κ1) is 20.4. The highest BCUT2D eigenvalue weighted by Gasteiger charge is 2.15. The molecule has 0 aliphatic rings. The van der Waals surface area contributed by atoms with E-state index in [0.717, 1.165) is 44.6 Å². The number of fused-ring (bicyclic) bond motifs is 3. The Hall–Kier alpha value is -4.96. The minimum Gasteiger partial charge on any atom is -0.294 e. The van der Waals surface area contributed by atoms with Crippen molar-refractivity contribution in [2.75, 3.05) is 0 Å². The first-order chi connectivity index (χ1) is 17.8. The van der Waals surface area contributed by atoms with E-state index in [9.17, 15) is 0 Å². The Bertz CT molecular complexity index is 1830. The summed E-state index contributed by atoms with van der Waals surface area (Å²) < 4.78 is 4.17. The number of rotatable bonds is 4. The maximum Gasteiger partial charge on any atom is 0.145 e. The van der Waals surface area contributed by atoms with E-state index >= 15 is 0 Å². The highest BCUT2D eigenvalue weighted by molar-refractivity contribution is 6.08. The van der Waals surface area contributed by atoms with Crippen molar-refractivity contribution in [3.63, 3.8) is 0 Å². The van der Waals surface area contributed by atoms with E-state index in [1.807, 2.05) is 41.3 Å². The summed E-state index contributed by atoms with van der Waals surface area (Å²) in [4.78, 5) is 4.96. The molecule has 4 aromatic carbocycles. The zero-order valence-corrected chi connectivity index (χ0v) is 19.5. The number of pyridine rings is 1. The molecule has 0 unspecified atom stereocenters. The van der Waals surface area contributed by atoms with E-state index in [1.54, 1.807) is 0 Å². The first-order valence-corrected chi connectivity index (χ1v) is 12.0. The summed E-state index contributed by atoms with van der Waals surface area (Å²) in [7, 11) is 0. The van der Waals surface area contributed by atoms with Gasteiger partial charge < -0.3 is 0 Å². The Morgan fingerprint density at radius 1 is 0.500 bits per heavy atom. The van der Waals surface area contributed by atoms with Gasteiger partial charge in [-0.2, -0.15) is 5.10 Å². The van der Waals surface area contributed by atoms with Gasteiger partial charge in [0.25, 0.3) is 0 Å². The average molecular weight is 463 g/mol. The van der Waals surface area contributed by atoms with Crippen molar-refractivity contribution in [1.82, 2.24) is 19.3 Å². The summed E-state index contributed by atoms with van der Waals surface area (Å²) in [6, 6.07) is 40.0. The largest absolute Gasteiger partial charge is 0.294 e. The molecule has 3 aromatic heterocycles. The molecule has 0 radical (unpaired) electrons. The van der Waals surface area contributed by atoms with Gasteiger partial charge in [0.15, 0.2) is 0 Å². The van der Waals surface area contributed by atoms with Crippen molar-refractivity contribution in [3.05, 3.63) is 134 Å². The van der Waals surface area contributed by atoms with Crippen LogP contribution in [0.5, 0.6) is 0 Å². The standard InChI is InChI=1S/C32H22N4/c1-3-10-23(11-4-1)25-18-30-29-16-7-8-17-31(29)36(32(30)33-20-25)28-15-9-14-27(19-28)35-22-26(21-34-35)24-12-5-2-6-13-24/h1-22H. The minimum absolute atomic E-state index is 0.943. The summed E-state index contributed by atoms with van der Waals surface area (Å²) in [5, 5.41) is 6.98. The zero-order valence-electron chi connectivity index (χ0n) is 19.5. The Kier molecular flexibility index (Phi) is 4.74. The van der Waals surface area contributed by atoms with E-state index in [2.05, 4.69) is 107 Å². The van der Waals surface area contributed by atoms with E-state index in [4.69, 9.17) is 4.98 Å². The van der Waals surface area contributed by atoms with Gasteiger partial charge in [0.2, 0.25) is 0 Å². The molecule has 0 saturated carbocycles. The Balaban J connectivity index is 1.37. The molecule has 0 saturated heterocycles. The summed E-state index contributed by atoms with van der Waals surface area (Å²) in [6.07, 6.45) is 5.95. The van der Waals surface area contributed by atoms with Gasteiger partial charge in [0.1, 0.15) is 5.65 Å². The summed E-state index contributed by atoms with van der Waals surface area (Å²) in [6.45, 7) is 0. The van der Waals surface area contributed by atoms with Crippen LogP contribution in [-0.4, -0.2) is 19.3 Å². The third-order valence-corrected chi connectivity index (χ3v) is 6.66. The molecule has 7 aromatic rings. The highest BCUT2D eigenvalue weighted by Crippen LogP contribution is 2.34. The van der Waals surface area contributed by atoms with Crippen molar-refractivity contribution in [3.8, 4) is 33.6 Å².